The molecule has 2 aromatic rings. The number of aliphatic hydroxyl groups is 1. The zero-order valence-electron chi connectivity index (χ0n) is 56.9. The van der Waals surface area contributed by atoms with Gasteiger partial charge in [0.15, 0.2) is 0 Å². The lowest BCUT2D eigenvalue weighted by molar-refractivity contribution is -0.197. The van der Waals surface area contributed by atoms with Crippen LogP contribution in [0.25, 0.3) is 0 Å². The molecule has 0 spiro atoms. The largest absolute Gasteiger partial charge is 0.445 e. The van der Waals surface area contributed by atoms with Crippen LogP contribution in [0.2, 0.25) is 0 Å². The van der Waals surface area contributed by atoms with Crippen LogP contribution in [-0.2, 0) is 73.6 Å². The summed E-state index contributed by atoms with van der Waals surface area (Å²) in [7, 11) is 6.04. The second kappa shape index (κ2) is 37.6. The molecule has 12 atom stereocenters. The number of aliphatic hydroxyl groups excluding tert-OH is 1. The molecule has 12 amide bonds. The van der Waals surface area contributed by atoms with Crippen molar-refractivity contribution in [3.8, 4) is 0 Å². The molecule has 2 saturated heterocycles. The smallest absolute Gasteiger partial charge is 0.410 e. The van der Waals surface area contributed by atoms with E-state index >= 15 is 0 Å². The van der Waals surface area contributed by atoms with E-state index < -0.39 is 157 Å². The van der Waals surface area contributed by atoms with Gasteiger partial charge in [-0.1, -0.05) is 111 Å². The number of carbonyl (C=O) groups excluding carboxylic acids is 12. The Morgan fingerprint density at radius 2 is 1.35 bits per heavy atom. The molecule has 2 fully saturated rings. The Hall–Kier alpha value is -8.24. The first-order valence-corrected chi connectivity index (χ1v) is 32.3. The molecular formula is C66H101N11O17. The maximum Gasteiger partial charge on any atom is 0.410 e. The normalized spacial score (nSPS) is 17.5. The molecular weight excluding hydrogens is 1220 g/mol. The summed E-state index contributed by atoms with van der Waals surface area (Å²) in [5.74, 6) is -8.38. The Balaban J connectivity index is 1.39. The summed E-state index contributed by atoms with van der Waals surface area (Å²) in [5.41, 5.74) is 6.66. The summed E-state index contributed by atoms with van der Waals surface area (Å²) < 4.78 is 17.7. The predicted octanol–water partition coefficient (Wildman–Crippen LogP) is 3.98. The minimum absolute atomic E-state index is 0.0169. The van der Waals surface area contributed by atoms with Gasteiger partial charge in [-0.15, -0.1) is 5.06 Å². The lowest BCUT2D eigenvalue weighted by Gasteiger charge is -2.41. The van der Waals surface area contributed by atoms with Crippen LogP contribution in [0.5, 0.6) is 0 Å². The lowest BCUT2D eigenvalue weighted by atomic mass is 9.89. The summed E-state index contributed by atoms with van der Waals surface area (Å²) in [5, 5.41) is 27.6. The number of likely N-dealkylation sites (tertiary alicyclic amines) is 1. The van der Waals surface area contributed by atoms with E-state index in [4.69, 9.17) is 24.8 Å². The molecule has 0 aromatic heterocycles. The molecule has 28 nitrogen and oxygen atoms in total. The molecule has 522 valence electrons. The van der Waals surface area contributed by atoms with Crippen molar-refractivity contribution in [3.63, 3.8) is 0 Å². The number of ether oxygens (including phenoxy) is 3. The predicted molar refractivity (Wildman–Crippen MR) is 345 cm³/mol. The number of carbonyl (C=O) groups is 12. The monoisotopic (exact) mass is 1320 g/mol. The van der Waals surface area contributed by atoms with Crippen LogP contribution < -0.4 is 37.6 Å². The third kappa shape index (κ3) is 22.5. The fourth-order valence-corrected chi connectivity index (χ4v) is 11.7. The SMILES string of the molecule is CC[C@H](C)[C@@H]([C@@H](CC(=O)N1CCC[C@H]1[C@H](OC)[C@@H](C)C(=O)N[C@H](C)[C@@H](O)c1ccccc1)OC)N(C)C(=O)[C@@H](NC(=O)[C@H](C(C)C)N(C)C(=O)OCc1ccc(NC(=O)[C@H](CCCNC(N)=O)NC(=O)[C@@H](NC(=O)CCC(=O)ON2C(=O)CCC2=O)C(C)C)cc1)C(C)C. The molecule has 0 aliphatic carbocycles. The number of nitrogens with one attached hydrogen (secondary N) is 6. The van der Waals surface area contributed by atoms with Crippen LogP contribution in [0.1, 0.15) is 151 Å². The number of hydrogen-bond donors (Lipinski definition) is 8. The number of nitrogens with two attached hydrogens (primary N) is 1. The first-order chi connectivity index (χ1) is 44.4. The summed E-state index contributed by atoms with van der Waals surface area (Å²) in [6, 6.07) is 8.23. The number of rotatable bonds is 36. The average Bonchev–Trinajstić information content (AvgIpc) is 1.39. The maximum absolute atomic E-state index is 14.8. The lowest BCUT2D eigenvalue weighted by Crippen LogP contribution is -2.60. The number of hydrogen-bond acceptors (Lipinski definition) is 17. The van der Waals surface area contributed by atoms with Crippen LogP contribution in [-0.4, -0.2) is 192 Å². The van der Waals surface area contributed by atoms with Gasteiger partial charge in [-0.3, -0.25) is 48.1 Å². The fourth-order valence-electron chi connectivity index (χ4n) is 11.7. The summed E-state index contributed by atoms with van der Waals surface area (Å²) in [6.45, 7) is 18.0. The Labute approximate surface area is 551 Å². The Morgan fingerprint density at radius 3 is 1.91 bits per heavy atom. The molecule has 2 aliphatic rings. The van der Waals surface area contributed by atoms with Crippen molar-refractivity contribution in [1.29, 1.82) is 0 Å². The first kappa shape index (κ1) is 78.2. The number of anilines is 1. The molecule has 2 aliphatic heterocycles. The zero-order valence-corrected chi connectivity index (χ0v) is 56.9. The first-order valence-electron chi connectivity index (χ1n) is 32.3. The quantitative estimate of drug-likeness (QED) is 0.0353. The number of benzene rings is 2. The number of primary amides is 1. The molecule has 4 rings (SSSR count). The van der Waals surface area contributed by atoms with Crippen LogP contribution in [0.3, 0.4) is 0 Å². The minimum Gasteiger partial charge on any atom is -0.445 e. The molecule has 0 bridgehead atoms. The van der Waals surface area contributed by atoms with Crippen molar-refractivity contribution in [2.45, 2.75) is 201 Å². The summed E-state index contributed by atoms with van der Waals surface area (Å²) >= 11 is 0. The summed E-state index contributed by atoms with van der Waals surface area (Å²) in [6.07, 6.45) is -2.44. The topological polar surface area (TPSA) is 373 Å². The van der Waals surface area contributed by atoms with E-state index in [1.165, 1.54) is 38.3 Å². The van der Waals surface area contributed by atoms with Gasteiger partial charge >= 0.3 is 18.1 Å². The van der Waals surface area contributed by atoms with Crippen molar-refractivity contribution in [2.75, 3.05) is 46.7 Å². The van der Waals surface area contributed by atoms with Crippen LogP contribution >= 0.6 is 0 Å². The van der Waals surface area contributed by atoms with E-state index in [9.17, 15) is 62.6 Å². The standard InChI is InChI=1S/C66H101N11O17/c1-15-40(8)57(48(91-13)35-52(81)76-34-20-24-47(76)59(92-14)41(9)60(84)69-42(10)58(83)44-21-17-16-18-22-44)74(11)64(88)55(38(4)5)73-63(87)56(39(6)7)75(12)66(90)93-36-43-25-27-45(28-26-43)70-61(85)46(23-19-33-68-65(67)89)71-62(86)54(37(2)3)72-49(78)29-32-53(82)94-77-50(79)30-31-51(77)80/h16-18,21-22,25-28,37-42,46-48,54-59,83H,15,19-20,23-24,29-36H2,1-14H3,(H,69,84)(H,70,85)(H,71,86)(H,72,78)(H,73,87)(H3,67,68,89)/t40-,41+,42+,46-,47-,48+,54-,55-,56-,57-,58+,59+/m0/s1. The van der Waals surface area contributed by atoms with Gasteiger partial charge in [0.25, 0.3) is 11.8 Å². The second-order valence-corrected chi connectivity index (χ2v) is 25.3. The van der Waals surface area contributed by atoms with Crippen molar-refractivity contribution < 1.29 is 81.7 Å². The maximum atomic E-state index is 14.8. The molecule has 9 N–H and O–H groups in total. The van der Waals surface area contributed by atoms with Crippen LogP contribution in [0.15, 0.2) is 54.6 Å². The van der Waals surface area contributed by atoms with Gasteiger partial charge in [-0.2, -0.15) is 0 Å². The van der Waals surface area contributed by atoms with E-state index in [0.29, 0.717) is 42.0 Å². The number of amides is 12. The van der Waals surface area contributed by atoms with Crippen LogP contribution in [0, 0.1) is 29.6 Å². The molecule has 2 heterocycles. The Bertz CT molecular complexity index is 2900. The van der Waals surface area contributed by atoms with Gasteiger partial charge in [0, 0.05) is 66.4 Å². The Kier molecular flexibility index (Phi) is 31.3. The molecule has 94 heavy (non-hydrogen) atoms. The van der Waals surface area contributed by atoms with Crippen molar-refractivity contribution >= 4 is 76.9 Å². The number of nitrogens with zero attached hydrogens (tertiary/aromatic N) is 4. The van der Waals surface area contributed by atoms with E-state index in [1.807, 2.05) is 32.0 Å². The van der Waals surface area contributed by atoms with E-state index in [0.717, 1.165) is 4.90 Å². The number of methoxy groups -OCH3 is 2. The second-order valence-electron chi connectivity index (χ2n) is 25.3. The van der Waals surface area contributed by atoms with Gasteiger partial charge in [0.2, 0.25) is 41.4 Å². The molecule has 28 heteroatoms. The summed E-state index contributed by atoms with van der Waals surface area (Å²) in [4.78, 5) is 168. The van der Waals surface area contributed by atoms with E-state index in [-0.39, 0.29) is 68.7 Å². The third-order valence-electron chi connectivity index (χ3n) is 17.3. The highest BCUT2D eigenvalue weighted by Crippen LogP contribution is 2.31. The number of hydroxylamine groups is 2. The molecule has 0 unspecified atom stereocenters. The third-order valence-corrected chi connectivity index (χ3v) is 17.3. The van der Waals surface area contributed by atoms with E-state index in [2.05, 4.69) is 31.9 Å². The molecule has 2 aromatic carbocycles. The number of imide groups is 1. The highest BCUT2D eigenvalue weighted by molar-refractivity contribution is 6.02. The van der Waals surface area contributed by atoms with Gasteiger partial charge in [-0.05, 0) is 79.5 Å². The average molecular weight is 1320 g/mol. The Morgan fingerprint density at radius 1 is 0.723 bits per heavy atom. The van der Waals surface area contributed by atoms with Gasteiger partial charge in [0.05, 0.1) is 55.2 Å². The van der Waals surface area contributed by atoms with Crippen molar-refractivity contribution in [2.24, 2.45) is 35.3 Å². The zero-order chi connectivity index (χ0) is 70.3. The van der Waals surface area contributed by atoms with Gasteiger partial charge in [-0.25, -0.2) is 14.4 Å². The van der Waals surface area contributed by atoms with Gasteiger partial charge < -0.3 is 71.6 Å². The highest BCUT2D eigenvalue weighted by atomic mass is 16.7. The van der Waals surface area contributed by atoms with Crippen molar-refractivity contribution in [1.82, 2.24) is 46.3 Å². The van der Waals surface area contributed by atoms with Gasteiger partial charge in [0.1, 0.15) is 30.8 Å². The molecule has 0 saturated carbocycles. The minimum atomic E-state index is -1.20. The van der Waals surface area contributed by atoms with Crippen LogP contribution in [0.4, 0.5) is 15.3 Å². The van der Waals surface area contributed by atoms with E-state index in [1.54, 1.807) is 91.6 Å². The van der Waals surface area contributed by atoms with Crippen molar-refractivity contribution in [3.05, 3.63) is 65.7 Å². The fraction of sp³-hybridized carbons (Fsp3) is 0.636. The number of urea groups is 1. The highest BCUT2D eigenvalue weighted by Gasteiger charge is 2.44. The molecule has 0 radical (unpaired) electrons. The number of likely N-dealkylation sites (N-methyl/N-ethyl adjacent to an activating group) is 2.